The number of hydrogen-bond acceptors (Lipinski definition) is 6. The molecule has 2 aliphatic rings. The molecule has 0 aromatic carbocycles. The molecule has 2 aliphatic heterocycles. The number of carbonyl (C=O) groups excluding carboxylic acids is 1. The molecule has 0 radical (unpaired) electrons. The molecule has 2 saturated heterocycles. The van der Waals surface area contributed by atoms with Crippen molar-refractivity contribution >= 4 is 11.7 Å². The molecule has 0 bridgehead atoms. The Hall–Kier alpha value is -2.51. The zero-order valence-corrected chi connectivity index (χ0v) is 15.5. The topological polar surface area (TPSA) is 61.8 Å². The average Bonchev–Trinajstić information content (AvgIpc) is 2.75. The van der Waals surface area contributed by atoms with Crippen molar-refractivity contribution in [2.24, 2.45) is 0 Å². The van der Waals surface area contributed by atoms with Gasteiger partial charge in [-0.2, -0.15) is 0 Å². The van der Waals surface area contributed by atoms with Crippen molar-refractivity contribution in [2.45, 2.75) is 6.54 Å². The fraction of sp³-hybridized carbons (Fsp3) is 0.450. The van der Waals surface area contributed by atoms with Crippen LogP contribution in [0.5, 0.6) is 0 Å². The highest BCUT2D eigenvalue weighted by molar-refractivity contribution is 5.94. The lowest BCUT2D eigenvalue weighted by Crippen LogP contribution is -2.48. The molecule has 2 aromatic rings. The summed E-state index contributed by atoms with van der Waals surface area (Å²) in [5, 5.41) is 0. The van der Waals surface area contributed by atoms with E-state index in [2.05, 4.69) is 19.8 Å². The Morgan fingerprint density at radius 1 is 0.963 bits per heavy atom. The molecule has 0 atom stereocenters. The van der Waals surface area contributed by atoms with Crippen molar-refractivity contribution in [3.8, 4) is 0 Å². The first kappa shape index (κ1) is 17.9. The number of pyridine rings is 2. The van der Waals surface area contributed by atoms with E-state index in [1.54, 1.807) is 6.20 Å². The Morgan fingerprint density at radius 3 is 2.44 bits per heavy atom. The molecule has 7 heteroatoms. The minimum atomic E-state index is 0.0634. The molecule has 142 valence electrons. The second-order valence-corrected chi connectivity index (χ2v) is 6.89. The lowest BCUT2D eigenvalue weighted by molar-refractivity contribution is 0.0626. The highest BCUT2D eigenvalue weighted by Gasteiger charge is 2.23. The molecule has 0 saturated carbocycles. The number of aromatic nitrogens is 2. The third-order valence-corrected chi connectivity index (χ3v) is 5.10. The molecule has 27 heavy (non-hydrogen) atoms. The van der Waals surface area contributed by atoms with Gasteiger partial charge >= 0.3 is 0 Å². The SMILES string of the molecule is O=C(c1ccc(N2CCOCC2)nc1)N1CCN(Cc2ccccn2)CC1. The van der Waals surface area contributed by atoms with Gasteiger partial charge in [-0.05, 0) is 24.3 Å². The molecule has 0 aliphatic carbocycles. The lowest BCUT2D eigenvalue weighted by atomic mass is 10.2. The van der Waals surface area contributed by atoms with Gasteiger partial charge in [0, 0.05) is 58.2 Å². The van der Waals surface area contributed by atoms with Gasteiger partial charge in [0.25, 0.3) is 5.91 Å². The maximum absolute atomic E-state index is 12.8. The van der Waals surface area contributed by atoms with Crippen molar-refractivity contribution in [2.75, 3.05) is 57.4 Å². The van der Waals surface area contributed by atoms with Gasteiger partial charge in [0.2, 0.25) is 0 Å². The van der Waals surface area contributed by atoms with Gasteiger partial charge in [-0.3, -0.25) is 14.7 Å². The van der Waals surface area contributed by atoms with Crippen molar-refractivity contribution in [3.05, 3.63) is 54.0 Å². The van der Waals surface area contributed by atoms with Crippen LogP contribution in [0.3, 0.4) is 0 Å². The van der Waals surface area contributed by atoms with Crippen LogP contribution in [0.2, 0.25) is 0 Å². The van der Waals surface area contributed by atoms with Crippen LogP contribution in [-0.4, -0.2) is 78.2 Å². The highest BCUT2D eigenvalue weighted by Crippen LogP contribution is 2.15. The van der Waals surface area contributed by atoms with E-state index in [1.165, 1.54) is 0 Å². The third-order valence-electron chi connectivity index (χ3n) is 5.10. The van der Waals surface area contributed by atoms with E-state index in [0.29, 0.717) is 5.56 Å². The first-order valence-corrected chi connectivity index (χ1v) is 9.50. The standard InChI is InChI=1S/C20H25N5O2/c26-20(17-4-5-19(22-15-17)24-11-13-27-14-12-24)25-9-7-23(8-10-25)16-18-3-1-2-6-21-18/h1-6,15H,7-14,16H2. The molecule has 0 spiro atoms. The first-order chi connectivity index (χ1) is 13.3. The Bertz CT molecular complexity index is 739. The van der Waals surface area contributed by atoms with Crippen molar-refractivity contribution in [3.63, 3.8) is 0 Å². The number of anilines is 1. The van der Waals surface area contributed by atoms with Gasteiger partial charge in [0.15, 0.2) is 0 Å². The van der Waals surface area contributed by atoms with Gasteiger partial charge in [0.05, 0.1) is 24.5 Å². The largest absolute Gasteiger partial charge is 0.378 e. The zero-order chi connectivity index (χ0) is 18.5. The molecule has 0 unspecified atom stereocenters. The van der Waals surface area contributed by atoms with Gasteiger partial charge in [-0.1, -0.05) is 6.07 Å². The Labute approximate surface area is 159 Å². The molecule has 2 aromatic heterocycles. The first-order valence-electron chi connectivity index (χ1n) is 9.50. The van der Waals surface area contributed by atoms with Gasteiger partial charge in [-0.15, -0.1) is 0 Å². The van der Waals surface area contributed by atoms with Gasteiger partial charge in [-0.25, -0.2) is 4.98 Å². The number of hydrogen-bond donors (Lipinski definition) is 0. The van der Waals surface area contributed by atoms with Crippen LogP contribution >= 0.6 is 0 Å². The van der Waals surface area contributed by atoms with Crippen LogP contribution in [-0.2, 0) is 11.3 Å². The summed E-state index contributed by atoms with van der Waals surface area (Å²) >= 11 is 0. The molecule has 0 N–H and O–H groups in total. The Morgan fingerprint density at radius 2 is 1.78 bits per heavy atom. The number of nitrogens with zero attached hydrogens (tertiary/aromatic N) is 5. The van der Waals surface area contributed by atoms with Crippen molar-refractivity contribution < 1.29 is 9.53 Å². The third kappa shape index (κ3) is 4.43. The number of carbonyl (C=O) groups is 1. The summed E-state index contributed by atoms with van der Waals surface area (Å²) in [5.41, 5.74) is 1.73. The molecule has 7 nitrogen and oxygen atoms in total. The van der Waals surface area contributed by atoms with Crippen LogP contribution in [0.1, 0.15) is 16.1 Å². The van der Waals surface area contributed by atoms with Gasteiger partial charge in [0.1, 0.15) is 5.82 Å². The van der Waals surface area contributed by atoms with Crippen molar-refractivity contribution in [1.82, 2.24) is 19.8 Å². The fourth-order valence-electron chi connectivity index (χ4n) is 3.50. The Kier molecular flexibility index (Phi) is 5.60. The number of amides is 1. The summed E-state index contributed by atoms with van der Waals surface area (Å²) in [5.74, 6) is 0.976. The monoisotopic (exact) mass is 367 g/mol. The fourth-order valence-corrected chi connectivity index (χ4v) is 3.50. The van der Waals surface area contributed by atoms with Crippen molar-refractivity contribution in [1.29, 1.82) is 0 Å². The molecule has 4 rings (SSSR count). The molecular formula is C20H25N5O2. The van der Waals surface area contributed by atoms with E-state index in [9.17, 15) is 4.79 Å². The minimum absolute atomic E-state index is 0.0634. The van der Waals surface area contributed by atoms with Crippen LogP contribution in [0.15, 0.2) is 42.7 Å². The van der Waals surface area contributed by atoms with E-state index < -0.39 is 0 Å². The van der Waals surface area contributed by atoms with Crippen LogP contribution in [0, 0.1) is 0 Å². The molecule has 4 heterocycles. The maximum atomic E-state index is 12.8. The summed E-state index contributed by atoms with van der Waals surface area (Å²) < 4.78 is 5.37. The summed E-state index contributed by atoms with van der Waals surface area (Å²) in [4.78, 5) is 28.1. The average molecular weight is 367 g/mol. The summed E-state index contributed by atoms with van der Waals surface area (Å²) in [6.45, 7) is 7.17. The lowest BCUT2D eigenvalue weighted by Gasteiger charge is -2.34. The van der Waals surface area contributed by atoms with Gasteiger partial charge < -0.3 is 14.5 Å². The quantitative estimate of drug-likeness (QED) is 0.811. The molecular weight excluding hydrogens is 342 g/mol. The maximum Gasteiger partial charge on any atom is 0.255 e. The predicted octanol–water partition coefficient (Wildman–Crippen LogP) is 1.27. The molecule has 2 fully saturated rings. The number of piperazine rings is 1. The summed E-state index contributed by atoms with van der Waals surface area (Å²) in [7, 11) is 0. The molecule has 1 amide bonds. The van der Waals surface area contributed by atoms with E-state index in [0.717, 1.165) is 70.5 Å². The van der Waals surface area contributed by atoms with Crippen LogP contribution < -0.4 is 4.90 Å². The Balaban J connectivity index is 1.31. The van der Waals surface area contributed by atoms with E-state index in [-0.39, 0.29) is 5.91 Å². The summed E-state index contributed by atoms with van der Waals surface area (Å²) in [6.07, 6.45) is 3.52. The number of ether oxygens (including phenoxy) is 1. The zero-order valence-electron chi connectivity index (χ0n) is 15.5. The number of rotatable bonds is 4. The number of morpholine rings is 1. The van der Waals surface area contributed by atoms with E-state index >= 15 is 0 Å². The van der Waals surface area contributed by atoms with E-state index in [4.69, 9.17) is 4.74 Å². The van der Waals surface area contributed by atoms with Crippen LogP contribution in [0.4, 0.5) is 5.82 Å². The smallest absolute Gasteiger partial charge is 0.255 e. The van der Waals surface area contributed by atoms with Crippen LogP contribution in [0.25, 0.3) is 0 Å². The summed E-state index contributed by atoms with van der Waals surface area (Å²) in [6, 6.07) is 9.81. The normalized spacial score (nSPS) is 18.5. The minimum Gasteiger partial charge on any atom is -0.378 e. The van der Waals surface area contributed by atoms with E-state index in [1.807, 2.05) is 41.4 Å². The second-order valence-electron chi connectivity index (χ2n) is 6.89. The second kappa shape index (κ2) is 8.45. The highest BCUT2D eigenvalue weighted by atomic mass is 16.5. The predicted molar refractivity (Wildman–Crippen MR) is 103 cm³/mol.